The molecule has 0 aromatic carbocycles. The zero-order chi connectivity index (χ0) is 14.0. The zero-order valence-corrected chi connectivity index (χ0v) is 12.7. The SMILES string of the molecule is Cc1nc(CCNC(=O)[C@H]2CCS(=O)(=O)C2)sc1C. The molecule has 1 amide bonds. The van der Waals surface area contributed by atoms with E-state index in [0.29, 0.717) is 19.4 Å². The van der Waals surface area contributed by atoms with Crippen molar-refractivity contribution in [2.24, 2.45) is 5.92 Å². The minimum absolute atomic E-state index is 0.00565. The fourth-order valence-corrected chi connectivity index (χ4v) is 4.76. The van der Waals surface area contributed by atoms with Gasteiger partial charge in [0.1, 0.15) is 0 Å². The minimum atomic E-state index is -2.99. The summed E-state index contributed by atoms with van der Waals surface area (Å²) in [6.07, 6.45) is 1.15. The number of hydrogen-bond acceptors (Lipinski definition) is 5. The van der Waals surface area contributed by atoms with Gasteiger partial charge in [-0.2, -0.15) is 0 Å². The lowest BCUT2D eigenvalue weighted by molar-refractivity contribution is -0.124. The first kappa shape index (κ1) is 14.5. The maximum atomic E-state index is 11.8. The van der Waals surface area contributed by atoms with Gasteiger partial charge in [0.05, 0.1) is 28.1 Å². The summed E-state index contributed by atoms with van der Waals surface area (Å²) in [6.45, 7) is 4.51. The number of sulfone groups is 1. The third kappa shape index (κ3) is 3.76. The summed E-state index contributed by atoms with van der Waals surface area (Å²) in [5.74, 6) is -0.389. The highest BCUT2D eigenvalue weighted by Gasteiger charge is 2.32. The van der Waals surface area contributed by atoms with Crippen molar-refractivity contribution in [3.05, 3.63) is 15.6 Å². The number of hydrogen-bond donors (Lipinski definition) is 1. The van der Waals surface area contributed by atoms with Gasteiger partial charge in [0.2, 0.25) is 5.91 Å². The van der Waals surface area contributed by atoms with Crippen LogP contribution < -0.4 is 5.32 Å². The largest absolute Gasteiger partial charge is 0.355 e. The highest BCUT2D eigenvalue weighted by atomic mass is 32.2. The number of nitrogens with zero attached hydrogens (tertiary/aromatic N) is 1. The second kappa shape index (κ2) is 5.58. The summed E-state index contributed by atoms with van der Waals surface area (Å²) >= 11 is 1.64. The molecule has 0 spiro atoms. The summed E-state index contributed by atoms with van der Waals surface area (Å²) in [5, 5.41) is 3.81. The van der Waals surface area contributed by atoms with Crippen molar-refractivity contribution < 1.29 is 13.2 Å². The molecule has 1 atom stereocenters. The topological polar surface area (TPSA) is 76.1 Å². The summed E-state index contributed by atoms with van der Waals surface area (Å²) < 4.78 is 22.6. The molecular formula is C12H18N2O3S2. The molecule has 1 aromatic heterocycles. The van der Waals surface area contributed by atoms with Crippen molar-refractivity contribution in [1.29, 1.82) is 0 Å². The van der Waals surface area contributed by atoms with Crippen LogP contribution in [0.15, 0.2) is 0 Å². The van der Waals surface area contributed by atoms with Gasteiger partial charge < -0.3 is 5.32 Å². The van der Waals surface area contributed by atoms with Gasteiger partial charge in [-0.15, -0.1) is 11.3 Å². The van der Waals surface area contributed by atoms with E-state index in [9.17, 15) is 13.2 Å². The van der Waals surface area contributed by atoms with Gasteiger partial charge >= 0.3 is 0 Å². The second-order valence-corrected chi connectivity index (χ2v) is 8.41. The monoisotopic (exact) mass is 302 g/mol. The molecule has 106 valence electrons. The zero-order valence-electron chi connectivity index (χ0n) is 11.1. The van der Waals surface area contributed by atoms with Crippen molar-refractivity contribution in [2.75, 3.05) is 18.1 Å². The lowest BCUT2D eigenvalue weighted by Gasteiger charge is -2.08. The van der Waals surface area contributed by atoms with Crippen LogP contribution in [0.1, 0.15) is 22.0 Å². The van der Waals surface area contributed by atoms with Gasteiger partial charge in [0.15, 0.2) is 9.84 Å². The smallest absolute Gasteiger partial charge is 0.224 e. The molecule has 2 heterocycles. The standard InChI is InChI=1S/C12H18N2O3S2/c1-8-9(2)18-11(14-8)3-5-13-12(15)10-4-6-19(16,17)7-10/h10H,3-7H2,1-2H3,(H,13,15)/t10-/m0/s1. The molecule has 1 aromatic rings. The first-order valence-corrected chi connectivity index (χ1v) is 8.92. The minimum Gasteiger partial charge on any atom is -0.355 e. The van der Waals surface area contributed by atoms with Crippen LogP contribution in [0.5, 0.6) is 0 Å². The Morgan fingerprint density at radius 2 is 2.21 bits per heavy atom. The summed E-state index contributed by atoms with van der Waals surface area (Å²) in [7, 11) is -2.99. The summed E-state index contributed by atoms with van der Waals surface area (Å²) in [4.78, 5) is 17.4. The average molecular weight is 302 g/mol. The van der Waals surface area contributed by atoms with Gasteiger partial charge in [-0.25, -0.2) is 13.4 Å². The number of nitrogens with one attached hydrogen (secondary N) is 1. The number of amides is 1. The predicted octanol–water partition coefficient (Wildman–Crippen LogP) is 0.853. The Balaban J connectivity index is 1.78. The van der Waals surface area contributed by atoms with E-state index >= 15 is 0 Å². The summed E-state index contributed by atoms with van der Waals surface area (Å²) in [5.41, 5.74) is 1.04. The second-order valence-electron chi connectivity index (χ2n) is 4.89. The maximum absolute atomic E-state index is 11.8. The van der Waals surface area contributed by atoms with Crippen molar-refractivity contribution in [3.8, 4) is 0 Å². The molecule has 5 nitrogen and oxygen atoms in total. The van der Waals surface area contributed by atoms with E-state index in [4.69, 9.17) is 0 Å². The molecule has 19 heavy (non-hydrogen) atoms. The van der Waals surface area contributed by atoms with Gasteiger partial charge in [0.25, 0.3) is 0 Å². The molecule has 0 aliphatic carbocycles. The Bertz CT molecular complexity index is 558. The number of rotatable bonds is 4. The third-order valence-electron chi connectivity index (χ3n) is 3.31. The quantitative estimate of drug-likeness (QED) is 0.895. The normalized spacial score (nSPS) is 21.5. The molecule has 1 fully saturated rings. The van der Waals surface area contributed by atoms with Crippen molar-refractivity contribution >= 4 is 27.1 Å². The van der Waals surface area contributed by atoms with E-state index in [2.05, 4.69) is 10.3 Å². The fraction of sp³-hybridized carbons (Fsp3) is 0.667. The molecule has 0 unspecified atom stereocenters. The van der Waals surface area contributed by atoms with Gasteiger partial charge in [-0.05, 0) is 20.3 Å². The Morgan fingerprint density at radius 1 is 1.47 bits per heavy atom. The molecule has 0 bridgehead atoms. The van der Waals surface area contributed by atoms with E-state index in [-0.39, 0.29) is 23.3 Å². The first-order chi connectivity index (χ1) is 8.87. The molecule has 0 radical (unpaired) electrons. The molecule has 7 heteroatoms. The molecule has 0 saturated carbocycles. The number of aromatic nitrogens is 1. The van der Waals surface area contributed by atoms with E-state index in [1.54, 1.807) is 11.3 Å². The Hall–Kier alpha value is -0.950. The number of carbonyl (C=O) groups is 1. The van der Waals surface area contributed by atoms with Crippen LogP contribution >= 0.6 is 11.3 Å². The summed E-state index contributed by atoms with van der Waals surface area (Å²) in [6, 6.07) is 0. The van der Waals surface area contributed by atoms with Crippen LogP contribution in [-0.4, -0.2) is 37.4 Å². The van der Waals surface area contributed by atoms with Crippen LogP contribution in [0.3, 0.4) is 0 Å². The van der Waals surface area contributed by atoms with Gasteiger partial charge in [-0.3, -0.25) is 4.79 Å². The van der Waals surface area contributed by atoms with Crippen molar-refractivity contribution in [3.63, 3.8) is 0 Å². The van der Waals surface area contributed by atoms with E-state index in [0.717, 1.165) is 10.7 Å². The Kier molecular flexibility index (Phi) is 4.25. The lowest BCUT2D eigenvalue weighted by Crippen LogP contribution is -2.32. The first-order valence-electron chi connectivity index (χ1n) is 6.28. The van der Waals surface area contributed by atoms with Crippen molar-refractivity contribution in [2.45, 2.75) is 26.7 Å². The van der Waals surface area contributed by atoms with Crippen LogP contribution in [0.25, 0.3) is 0 Å². The average Bonchev–Trinajstić information content (AvgIpc) is 2.83. The predicted molar refractivity (Wildman–Crippen MR) is 75.1 cm³/mol. The molecule has 1 saturated heterocycles. The molecule has 1 aliphatic heterocycles. The number of aryl methyl sites for hydroxylation is 2. The highest BCUT2D eigenvalue weighted by molar-refractivity contribution is 7.91. The van der Waals surface area contributed by atoms with Crippen LogP contribution in [0.2, 0.25) is 0 Å². The number of thiazole rings is 1. The lowest BCUT2D eigenvalue weighted by atomic mass is 10.1. The van der Waals surface area contributed by atoms with Gasteiger partial charge in [0, 0.05) is 17.8 Å². The molecular weight excluding hydrogens is 284 g/mol. The molecule has 1 N–H and O–H groups in total. The van der Waals surface area contributed by atoms with E-state index < -0.39 is 9.84 Å². The highest BCUT2D eigenvalue weighted by Crippen LogP contribution is 2.19. The van der Waals surface area contributed by atoms with Crippen LogP contribution in [0, 0.1) is 19.8 Å². The maximum Gasteiger partial charge on any atom is 0.224 e. The fourth-order valence-electron chi connectivity index (χ4n) is 2.08. The van der Waals surface area contributed by atoms with Crippen LogP contribution in [-0.2, 0) is 21.1 Å². The van der Waals surface area contributed by atoms with Crippen molar-refractivity contribution in [1.82, 2.24) is 10.3 Å². The van der Waals surface area contributed by atoms with E-state index in [1.807, 2.05) is 13.8 Å². The van der Waals surface area contributed by atoms with Crippen LogP contribution in [0.4, 0.5) is 0 Å². The number of carbonyl (C=O) groups excluding carboxylic acids is 1. The molecule has 1 aliphatic rings. The van der Waals surface area contributed by atoms with Gasteiger partial charge in [-0.1, -0.05) is 0 Å². The Morgan fingerprint density at radius 3 is 2.74 bits per heavy atom. The third-order valence-corrected chi connectivity index (χ3v) is 6.21. The molecule has 2 rings (SSSR count). The Labute approximate surface area is 117 Å². The van der Waals surface area contributed by atoms with E-state index in [1.165, 1.54) is 4.88 Å².